The van der Waals surface area contributed by atoms with Gasteiger partial charge in [0.2, 0.25) is 0 Å². The monoisotopic (exact) mass is 273 g/mol. The van der Waals surface area contributed by atoms with Crippen molar-refractivity contribution in [2.75, 3.05) is 0 Å². The van der Waals surface area contributed by atoms with Crippen molar-refractivity contribution in [3.63, 3.8) is 0 Å². The van der Waals surface area contributed by atoms with Crippen molar-refractivity contribution in [1.82, 2.24) is 5.06 Å². The van der Waals surface area contributed by atoms with Gasteiger partial charge in [0.05, 0.1) is 6.26 Å². The van der Waals surface area contributed by atoms with E-state index in [9.17, 15) is 9.59 Å². The first-order valence-corrected chi connectivity index (χ1v) is 6.44. The topological polar surface area (TPSA) is 55.8 Å². The second-order valence-corrected chi connectivity index (χ2v) is 4.76. The van der Waals surface area contributed by atoms with Crippen LogP contribution in [0.2, 0.25) is 0 Å². The number of imide groups is 1. The Morgan fingerprint density at radius 1 is 1.15 bits per heavy atom. The van der Waals surface area contributed by atoms with Crippen LogP contribution in [-0.2, 0) is 19.0 Å². The van der Waals surface area contributed by atoms with E-state index in [0.29, 0.717) is 0 Å². The van der Waals surface area contributed by atoms with Gasteiger partial charge in [0, 0.05) is 12.8 Å². The molecule has 1 aromatic rings. The van der Waals surface area contributed by atoms with Gasteiger partial charge in [-0.3, -0.25) is 14.3 Å². The summed E-state index contributed by atoms with van der Waals surface area (Å²) in [7, 11) is -0.822. The van der Waals surface area contributed by atoms with Crippen LogP contribution in [0.4, 0.5) is 0 Å². The molecule has 0 radical (unpaired) electrons. The van der Waals surface area contributed by atoms with Gasteiger partial charge in [0.1, 0.15) is 0 Å². The minimum Gasteiger partial charge on any atom is -0.537 e. The third-order valence-corrected chi connectivity index (χ3v) is 2.71. The van der Waals surface area contributed by atoms with E-state index in [4.69, 9.17) is 9.41 Å². The van der Waals surface area contributed by atoms with Crippen LogP contribution in [0, 0.1) is 0 Å². The van der Waals surface area contributed by atoms with Crippen molar-refractivity contribution in [3.05, 3.63) is 42.2 Å². The summed E-state index contributed by atoms with van der Waals surface area (Å²) < 4.78 is 11.0. The number of carbonyl (C=O) groups is 2. The molecule has 1 fully saturated rings. The molecular weight excluding hydrogens is 257 g/mol. The highest BCUT2D eigenvalue weighted by Gasteiger charge is 2.36. The molecule has 20 heavy (non-hydrogen) atoms. The molecule has 0 aliphatic carbocycles. The van der Waals surface area contributed by atoms with Crippen LogP contribution in [0.15, 0.2) is 42.2 Å². The molecule has 0 unspecified atom stereocenters. The SMILES string of the molecule is CC(C)=COB(ON1C(=O)CCC1=O)c1ccccc1. The molecule has 1 heterocycles. The summed E-state index contributed by atoms with van der Waals surface area (Å²) in [6, 6.07) is 9.17. The number of hydrogen-bond donors (Lipinski definition) is 0. The average molecular weight is 273 g/mol. The summed E-state index contributed by atoms with van der Waals surface area (Å²) >= 11 is 0. The summed E-state index contributed by atoms with van der Waals surface area (Å²) in [5, 5.41) is 0.802. The number of rotatable bonds is 5. The molecular formula is C14H16BNO4. The highest BCUT2D eigenvalue weighted by Crippen LogP contribution is 2.13. The molecule has 0 atom stereocenters. The van der Waals surface area contributed by atoms with Gasteiger partial charge in [-0.2, -0.15) is 5.06 Å². The minimum atomic E-state index is -0.822. The van der Waals surface area contributed by atoms with Crippen molar-refractivity contribution in [2.45, 2.75) is 26.7 Å². The maximum absolute atomic E-state index is 11.6. The molecule has 1 aliphatic rings. The van der Waals surface area contributed by atoms with Gasteiger partial charge in [-0.15, -0.1) is 0 Å². The standard InChI is InChI=1S/C14H16BNO4/c1-11(2)10-19-15(12-6-4-3-5-7-12)20-16-13(17)8-9-14(16)18/h3-7,10H,8-9H2,1-2H3. The van der Waals surface area contributed by atoms with Gasteiger partial charge in [-0.25, -0.2) is 0 Å². The Labute approximate surface area is 118 Å². The first-order chi connectivity index (χ1) is 9.58. The van der Waals surface area contributed by atoms with Crippen LogP contribution in [0.5, 0.6) is 0 Å². The van der Waals surface area contributed by atoms with E-state index in [1.165, 1.54) is 0 Å². The van der Waals surface area contributed by atoms with E-state index in [0.717, 1.165) is 16.1 Å². The van der Waals surface area contributed by atoms with Crippen molar-refractivity contribution < 1.29 is 19.0 Å². The molecule has 0 N–H and O–H groups in total. The second-order valence-electron chi connectivity index (χ2n) is 4.76. The van der Waals surface area contributed by atoms with Crippen LogP contribution in [0.1, 0.15) is 26.7 Å². The van der Waals surface area contributed by atoms with Crippen molar-refractivity contribution in [2.24, 2.45) is 0 Å². The van der Waals surface area contributed by atoms with Crippen molar-refractivity contribution in [1.29, 1.82) is 0 Å². The molecule has 104 valence electrons. The first-order valence-electron chi connectivity index (χ1n) is 6.44. The van der Waals surface area contributed by atoms with Crippen molar-refractivity contribution >= 4 is 24.4 Å². The Morgan fingerprint density at radius 2 is 1.75 bits per heavy atom. The van der Waals surface area contributed by atoms with Crippen LogP contribution in [-0.4, -0.2) is 24.0 Å². The lowest BCUT2D eigenvalue weighted by Gasteiger charge is -2.19. The molecule has 0 spiro atoms. The van der Waals surface area contributed by atoms with E-state index in [2.05, 4.69) is 0 Å². The van der Waals surface area contributed by atoms with Gasteiger partial charge < -0.3 is 4.65 Å². The second kappa shape index (κ2) is 6.39. The maximum atomic E-state index is 11.6. The van der Waals surface area contributed by atoms with Crippen LogP contribution in [0.3, 0.4) is 0 Å². The Kier molecular flexibility index (Phi) is 4.58. The lowest BCUT2D eigenvalue weighted by molar-refractivity contribution is -0.167. The van der Waals surface area contributed by atoms with Gasteiger partial charge in [-0.05, 0) is 24.9 Å². The quantitative estimate of drug-likeness (QED) is 0.462. The molecule has 2 rings (SSSR count). The normalized spacial score (nSPS) is 14.4. The lowest BCUT2D eigenvalue weighted by Crippen LogP contribution is -2.44. The minimum absolute atomic E-state index is 0.184. The molecule has 0 bridgehead atoms. The Morgan fingerprint density at radius 3 is 2.30 bits per heavy atom. The molecule has 0 aromatic heterocycles. The van der Waals surface area contributed by atoms with Crippen LogP contribution < -0.4 is 5.46 Å². The van der Waals surface area contributed by atoms with Crippen molar-refractivity contribution in [3.8, 4) is 0 Å². The summed E-state index contributed by atoms with van der Waals surface area (Å²) in [6.45, 7) is 3.77. The van der Waals surface area contributed by atoms with Gasteiger partial charge in [0.15, 0.2) is 0 Å². The smallest absolute Gasteiger partial charge is 0.537 e. The Bertz CT molecular complexity index is 509. The Balaban J connectivity index is 2.16. The predicted octanol–water partition coefficient (Wildman–Crippen LogP) is 1.40. The molecule has 0 saturated carbocycles. The fourth-order valence-corrected chi connectivity index (χ4v) is 1.74. The highest BCUT2D eigenvalue weighted by atomic mass is 16.7. The summed E-state index contributed by atoms with van der Waals surface area (Å²) in [5.74, 6) is -0.673. The Hall–Kier alpha value is -2.08. The molecule has 5 nitrogen and oxygen atoms in total. The maximum Gasteiger partial charge on any atom is 0.585 e. The number of nitrogens with zero attached hydrogens (tertiary/aromatic N) is 1. The zero-order valence-electron chi connectivity index (χ0n) is 11.5. The highest BCUT2D eigenvalue weighted by molar-refractivity contribution is 6.61. The van der Waals surface area contributed by atoms with E-state index < -0.39 is 7.12 Å². The predicted molar refractivity (Wildman–Crippen MR) is 74.5 cm³/mol. The first kappa shape index (κ1) is 14.3. The summed E-state index contributed by atoms with van der Waals surface area (Å²) in [6.07, 6.45) is 1.91. The fourth-order valence-electron chi connectivity index (χ4n) is 1.74. The summed E-state index contributed by atoms with van der Waals surface area (Å²) in [5.41, 5.74) is 1.69. The van der Waals surface area contributed by atoms with E-state index in [-0.39, 0.29) is 24.7 Å². The fraction of sp³-hybridized carbons (Fsp3) is 0.286. The molecule has 1 aliphatic heterocycles. The largest absolute Gasteiger partial charge is 0.585 e. The molecule has 1 aromatic carbocycles. The molecule has 2 amide bonds. The lowest BCUT2D eigenvalue weighted by atomic mass is 9.79. The molecule has 1 saturated heterocycles. The van der Waals surface area contributed by atoms with Crippen LogP contribution >= 0.6 is 0 Å². The number of benzene rings is 1. The third kappa shape index (κ3) is 3.48. The van der Waals surface area contributed by atoms with E-state index in [1.807, 2.05) is 44.2 Å². The van der Waals surface area contributed by atoms with Gasteiger partial charge in [0.25, 0.3) is 11.8 Å². The number of allylic oxidation sites excluding steroid dienone is 1. The van der Waals surface area contributed by atoms with Gasteiger partial charge >= 0.3 is 7.12 Å². The number of hydrogen-bond acceptors (Lipinski definition) is 4. The van der Waals surface area contributed by atoms with Gasteiger partial charge in [-0.1, -0.05) is 30.3 Å². The number of amides is 2. The number of hydroxylamine groups is 2. The third-order valence-electron chi connectivity index (χ3n) is 2.71. The zero-order valence-corrected chi connectivity index (χ0v) is 11.5. The van der Waals surface area contributed by atoms with E-state index >= 15 is 0 Å². The average Bonchev–Trinajstić information content (AvgIpc) is 2.75. The number of carbonyl (C=O) groups excluding carboxylic acids is 2. The molecule has 6 heteroatoms. The zero-order chi connectivity index (χ0) is 14.5. The van der Waals surface area contributed by atoms with Crippen LogP contribution in [0.25, 0.3) is 0 Å². The van der Waals surface area contributed by atoms with E-state index in [1.54, 1.807) is 6.26 Å². The summed E-state index contributed by atoms with van der Waals surface area (Å²) in [4.78, 5) is 23.2.